The molecule has 1 heterocycles. The number of benzene rings is 1. The Bertz CT molecular complexity index is 644. The van der Waals surface area contributed by atoms with Crippen molar-refractivity contribution in [1.29, 1.82) is 0 Å². The molecule has 0 saturated carbocycles. The quantitative estimate of drug-likeness (QED) is 0.860. The van der Waals surface area contributed by atoms with Crippen LogP contribution in [-0.4, -0.2) is 35.1 Å². The lowest BCUT2D eigenvalue weighted by Gasteiger charge is -2.25. The number of aromatic hydroxyl groups is 1. The summed E-state index contributed by atoms with van der Waals surface area (Å²) in [6.45, 7) is 2.74. The van der Waals surface area contributed by atoms with E-state index in [4.69, 9.17) is 0 Å². The summed E-state index contributed by atoms with van der Waals surface area (Å²) < 4.78 is 4.67. The summed E-state index contributed by atoms with van der Waals surface area (Å²) in [5.74, 6) is -0.610. The van der Waals surface area contributed by atoms with E-state index in [-0.39, 0.29) is 17.4 Å². The van der Waals surface area contributed by atoms with E-state index >= 15 is 0 Å². The molecule has 0 unspecified atom stereocenters. The molecular weight excluding hydrogens is 280 g/mol. The number of phenols is 1. The normalized spacial score (nSPS) is 12.2. The molecule has 1 N–H and O–H groups in total. The Morgan fingerprint density at radius 2 is 2.18 bits per heavy atom. The first kappa shape index (κ1) is 16.0. The van der Waals surface area contributed by atoms with Crippen LogP contribution in [0.25, 0.3) is 0 Å². The van der Waals surface area contributed by atoms with Crippen LogP contribution in [0, 0.1) is 0 Å². The Labute approximate surface area is 130 Å². The molecule has 0 radical (unpaired) electrons. The molecule has 5 heteroatoms. The van der Waals surface area contributed by atoms with Crippen LogP contribution in [0.15, 0.2) is 42.7 Å². The van der Waals surface area contributed by atoms with E-state index in [2.05, 4.69) is 21.5 Å². The van der Waals surface area contributed by atoms with Crippen LogP contribution in [0.5, 0.6) is 5.75 Å². The zero-order chi connectivity index (χ0) is 16.1. The van der Waals surface area contributed by atoms with Crippen molar-refractivity contribution in [2.45, 2.75) is 19.5 Å². The second-order valence-corrected chi connectivity index (χ2v) is 5.22. The summed E-state index contributed by atoms with van der Waals surface area (Å²) >= 11 is 0. The molecule has 0 aliphatic heterocycles. The Hall–Kier alpha value is -2.40. The van der Waals surface area contributed by atoms with Gasteiger partial charge >= 0.3 is 5.97 Å². The highest BCUT2D eigenvalue weighted by Crippen LogP contribution is 2.23. The minimum absolute atomic E-state index is 0.0708. The van der Waals surface area contributed by atoms with Gasteiger partial charge in [-0.05, 0) is 43.3 Å². The van der Waals surface area contributed by atoms with Gasteiger partial charge in [-0.1, -0.05) is 12.1 Å². The van der Waals surface area contributed by atoms with Crippen LogP contribution in [0.1, 0.15) is 34.5 Å². The average Bonchev–Trinajstić information content (AvgIpc) is 2.55. The monoisotopic (exact) mass is 300 g/mol. The third kappa shape index (κ3) is 3.62. The topological polar surface area (TPSA) is 62.7 Å². The highest BCUT2D eigenvalue weighted by atomic mass is 16.5. The Morgan fingerprint density at radius 3 is 2.82 bits per heavy atom. The smallest absolute Gasteiger partial charge is 0.341 e. The Balaban J connectivity index is 2.15. The molecule has 1 atom stereocenters. The van der Waals surface area contributed by atoms with Gasteiger partial charge in [-0.3, -0.25) is 9.88 Å². The van der Waals surface area contributed by atoms with Crippen LogP contribution in [0.3, 0.4) is 0 Å². The molecule has 2 aromatic rings. The largest absolute Gasteiger partial charge is 0.507 e. The lowest BCUT2D eigenvalue weighted by molar-refractivity contribution is 0.0597. The number of hydrogen-bond acceptors (Lipinski definition) is 5. The van der Waals surface area contributed by atoms with Crippen molar-refractivity contribution in [3.05, 3.63) is 59.4 Å². The number of carbonyl (C=O) groups is 1. The van der Waals surface area contributed by atoms with E-state index in [1.165, 1.54) is 13.2 Å². The number of esters is 1. The van der Waals surface area contributed by atoms with Crippen LogP contribution in [-0.2, 0) is 11.3 Å². The van der Waals surface area contributed by atoms with E-state index in [9.17, 15) is 9.90 Å². The second-order valence-electron chi connectivity index (χ2n) is 5.22. The number of ether oxygens (including phenoxy) is 1. The van der Waals surface area contributed by atoms with Crippen LogP contribution >= 0.6 is 0 Å². The SMILES string of the molecule is COC(=O)c1cc(CN(C)[C@@H](C)c2cccnc2)ccc1O. The van der Waals surface area contributed by atoms with Gasteiger partial charge in [0.25, 0.3) is 0 Å². The average molecular weight is 300 g/mol. The molecule has 0 fully saturated rings. The van der Waals surface area contributed by atoms with Gasteiger partial charge in [0.1, 0.15) is 11.3 Å². The van der Waals surface area contributed by atoms with Crippen LogP contribution < -0.4 is 0 Å². The Kier molecular flexibility index (Phi) is 5.12. The summed E-state index contributed by atoms with van der Waals surface area (Å²) in [5.41, 5.74) is 2.23. The van der Waals surface area contributed by atoms with Gasteiger partial charge in [0.05, 0.1) is 7.11 Å². The minimum atomic E-state index is -0.540. The summed E-state index contributed by atoms with van der Waals surface area (Å²) in [5, 5.41) is 9.74. The minimum Gasteiger partial charge on any atom is -0.507 e. The maximum absolute atomic E-state index is 11.6. The number of hydrogen-bond donors (Lipinski definition) is 1. The molecule has 116 valence electrons. The zero-order valence-electron chi connectivity index (χ0n) is 13.0. The maximum atomic E-state index is 11.6. The number of carbonyl (C=O) groups excluding carboxylic acids is 1. The number of aromatic nitrogens is 1. The van der Waals surface area contributed by atoms with E-state index in [1.54, 1.807) is 18.3 Å². The van der Waals surface area contributed by atoms with Gasteiger partial charge in [0.2, 0.25) is 0 Å². The molecule has 0 saturated heterocycles. The highest BCUT2D eigenvalue weighted by molar-refractivity contribution is 5.92. The molecule has 0 spiro atoms. The predicted octanol–water partition coefficient (Wildman–Crippen LogP) is 2.77. The molecule has 1 aromatic carbocycles. The van der Waals surface area contributed by atoms with Gasteiger partial charge in [0, 0.05) is 25.0 Å². The fraction of sp³-hybridized carbons (Fsp3) is 0.294. The van der Waals surface area contributed by atoms with E-state index in [0.717, 1.165) is 11.1 Å². The lowest BCUT2D eigenvalue weighted by atomic mass is 10.1. The van der Waals surface area contributed by atoms with Crippen LogP contribution in [0.2, 0.25) is 0 Å². The second kappa shape index (κ2) is 7.04. The van der Waals surface area contributed by atoms with Gasteiger partial charge in [0.15, 0.2) is 0 Å². The number of methoxy groups -OCH3 is 1. The number of phenolic OH excluding ortho intramolecular Hbond substituents is 1. The van der Waals surface area contributed by atoms with Gasteiger partial charge < -0.3 is 9.84 Å². The summed E-state index contributed by atoms with van der Waals surface area (Å²) in [4.78, 5) is 17.9. The zero-order valence-corrected chi connectivity index (χ0v) is 13.0. The number of nitrogens with zero attached hydrogens (tertiary/aromatic N) is 2. The molecule has 0 amide bonds. The molecule has 0 aliphatic carbocycles. The molecule has 1 aromatic heterocycles. The maximum Gasteiger partial charge on any atom is 0.341 e. The van der Waals surface area contributed by atoms with Crippen molar-refractivity contribution in [2.24, 2.45) is 0 Å². The van der Waals surface area contributed by atoms with Crippen LogP contribution in [0.4, 0.5) is 0 Å². The van der Waals surface area contributed by atoms with Crippen molar-refractivity contribution in [2.75, 3.05) is 14.2 Å². The first-order valence-corrected chi connectivity index (χ1v) is 7.03. The van der Waals surface area contributed by atoms with E-state index in [1.807, 2.05) is 25.4 Å². The summed E-state index contributed by atoms with van der Waals surface area (Å²) in [6, 6.07) is 9.11. The summed E-state index contributed by atoms with van der Waals surface area (Å²) in [6.07, 6.45) is 3.59. The fourth-order valence-electron chi connectivity index (χ4n) is 2.26. The summed E-state index contributed by atoms with van der Waals surface area (Å²) in [7, 11) is 3.30. The molecule has 22 heavy (non-hydrogen) atoms. The number of pyridine rings is 1. The van der Waals surface area contributed by atoms with Gasteiger partial charge in [-0.2, -0.15) is 0 Å². The van der Waals surface area contributed by atoms with Crippen molar-refractivity contribution >= 4 is 5.97 Å². The van der Waals surface area contributed by atoms with Gasteiger partial charge in [-0.25, -0.2) is 4.79 Å². The third-order valence-electron chi connectivity index (χ3n) is 3.73. The molecule has 0 bridgehead atoms. The van der Waals surface area contributed by atoms with Crippen molar-refractivity contribution in [3.63, 3.8) is 0 Å². The predicted molar refractivity (Wildman–Crippen MR) is 83.6 cm³/mol. The first-order chi connectivity index (χ1) is 10.5. The lowest BCUT2D eigenvalue weighted by Crippen LogP contribution is -2.22. The fourth-order valence-corrected chi connectivity index (χ4v) is 2.26. The van der Waals surface area contributed by atoms with E-state index < -0.39 is 5.97 Å². The molecule has 5 nitrogen and oxygen atoms in total. The van der Waals surface area contributed by atoms with Gasteiger partial charge in [-0.15, -0.1) is 0 Å². The van der Waals surface area contributed by atoms with Crippen molar-refractivity contribution < 1.29 is 14.6 Å². The van der Waals surface area contributed by atoms with Crippen molar-refractivity contribution in [1.82, 2.24) is 9.88 Å². The molecule has 2 rings (SSSR count). The molecular formula is C17H20N2O3. The third-order valence-corrected chi connectivity index (χ3v) is 3.73. The number of rotatable bonds is 5. The highest BCUT2D eigenvalue weighted by Gasteiger charge is 2.15. The first-order valence-electron chi connectivity index (χ1n) is 7.03. The standard InChI is InChI=1S/C17H20N2O3/c1-12(14-5-4-8-18-10-14)19(2)11-13-6-7-16(20)15(9-13)17(21)22-3/h4-10,12,20H,11H2,1-3H3/t12-/m0/s1. The Morgan fingerprint density at radius 1 is 1.41 bits per heavy atom. The van der Waals surface area contributed by atoms with Crippen molar-refractivity contribution in [3.8, 4) is 5.75 Å². The van der Waals surface area contributed by atoms with E-state index in [0.29, 0.717) is 6.54 Å². The molecule has 0 aliphatic rings.